The summed E-state index contributed by atoms with van der Waals surface area (Å²) in [4.78, 5) is 48.4. The molecule has 4 aliphatic rings. The van der Waals surface area contributed by atoms with Crippen LogP contribution in [-0.2, 0) is 28.7 Å². The fraction of sp³-hybridized carbons (Fsp3) is 0.606. The molecule has 1 aromatic heterocycles. The number of anilines is 2. The third-order valence-corrected chi connectivity index (χ3v) is 11.4. The average Bonchev–Trinajstić information content (AvgIpc) is 3.54. The second-order valence-corrected chi connectivity index (χ2v) is 14.5. The number of nitrogens with zero attached hydrogens (tertiary/aromatic N) is 4. The molecule has 4 amide bonds. The number of carbonyl (C=O) groups is 3. The van der Waals surface area contributed by atoms with Gasteiger partial charge in [0.25, 0.3) is 0 Å². The molecule has 15 heteroatoms. The predicted octanol–water partition coefficient (Wildman–Crippen LogP) is 4.95. The molecule has 6 rings (SSSR count). The van der Waals surface area contributed by atoms with Crippen LogP contribution in [0.2, 0.25) is 5.02 Å². The monoisotopic (exact) mass is 709 g/mol. The maximum absolute atomic E-state index is 14.1. The van der Waals surface area contributed by atoms with Crippen LogP contribution in [0.4, 0.5) is 28.7 Å². The van der Waals surface area contributed by atoms with Crippen LogP contribution >= 0.6 is 22.9 Å². The number of hydrogen-bond acceptors (Lipinski definition) is 7. The second kappa shape index (κ2) is 14.8. The number of halogens is 4. The van der Waals surface area contributed by atoms with E-state index in [4.69, 9.17) is 11.6 Å². The molecule has 262 valence electrons. The van der Waals surface area contributed by atoms with E-state index < -0.39 is 17.7 Å². The number of rotatable bonds is 8. The van der Waals surface area contributed by atoms with Gasteiger partial charge >= 0.3 is 12.2 Å². The van der Waals surface area contributed by atoms with E-state index >= 15 is 0 Å². The normalized spacial score (nSPS) is 20.8. The Balaban J connectivity index is 1.14. The lowest BCUT2D eigenvalue weighted by molar-refractivity contribution is -0.143. The van der Waals surface area contributed by atoms with Crippen molar-refractivity contribution in [1.29, 1.82) is 0 Å². The number of hydrogen-bond donors (Lipinski definition) is 3. The largest absolute Gasteiger partial charge is 0.418 e. The molecule has 0 unspecified atom stereocenters. The highest BCUT2D eigenvalue weighted by Crippen LogP contribution is 2.40. The molecule has 0 aliphatic carbocycles. The molecular formula is C33H43ClF3N7O3S. The van der Waals surface area contributed by atoms with Gasteiger partial charge in [0.1, 0.15) is 5.00 Å². The third kappa shape index (κ3) is 7.71. The maximum Gasteiger partial charge on any atom is 0.418 e. The van der Waals surface area contributed by atoms with Crippen LogP contribution in [0.15, 0.2) is 23.6 Å². The molecule has 3 fully saturated rings. The van der Waals surface area contributed by atoms with Crippen molar-refractivity contribution in [2.24, 2.45) is 5.92 Å². The Morgan fingerprint density at radius 2 is 1.69 bits per heavy atom. The predicted molar refractivity (Wildman–Crippen MR) is 180 cm³/mol. The molecule has 2 aromatic rings. The molecular weight excluding hydrogens is 667 g/mol. The number of piperidine rings is 2. The zero-order chi connectivity index (χ0) is 34.0. The van der Waals surface area contributed by atoms with Crippen molar-refractivity contribution in [1.82, 2.24) is 24.9 Å². The number of nitrogens with one attached hydrogen (secondary N) is 3. The third-order valence-electron chi connectivity index (χ3n) is 10.2. The van der Waals surface area contributed by atoms with Crippen molar-refractivity contribution in [3.63, 3.8) is 0 Å². The number of urea groups is 1. The van der Waals surface area contributed by atoms with E-state index in [0.717, 1.165) is 55.7 Å². The summed E-state index contributed by atoms with van der Waals surface area (Å²) in [5.41, 5.74) is 0.214. The summed E-state index contributed by atoms with van der Waals surface area (Å²) in [6, 6.07) is 4.72. The first kappa shape index (κ1) is 34.8. The fourth-order valence-corrected chi connectivity index (χ4v) is 8.74. The number of piperazine rings is 1. The SMILES string of the molecule is CNc1c(Cl)cc(C[C@@H](CC(=O)N2CCC(N3Cc4ccsc4NC3=O)CC2)C(=O)N2CCC(N3CCNCC3)CC2)cc1C(F)(F)F. The number of likely N-dealkylation sites (tertiary alicyclic amines) is 2. The van der Waals surface area contributed by atoms with E-state index in [-0.39, 0.29) is 53.0 Å². The van der Waals surface area contributed by atoms with Crippen molar-refractivity contribution in [3.05, 3.63) is 45.3 Å². The minimum atomic E-state index is -4.65. The quantitative estimate of drug-likeness (QED) is 0.359. The lowest BCUT2D eigenvalue weighted by Gasteiger charge is -2.41. The van der Waals surface area contributed by atoms with E-state index in [1.54, 1.807) is 9.80 Å². The Hall–Kier alpha value is -3.07. The van der Waals surface area contributed by atoms with E-state index in [1.807, 2.05) is 16.3 Å². The highest BCUT2D eigenvalue weighted by molar-refractivity contribution is 7.14. The average molecular weight is 710 g/mol. The summed E-state index contributed by atoms with van der Waals surface area (Å²) < 4.78 is 42.0. The Labute approximate surface area is 287 Å². The highest BCUT2D eigenvalue weighted by atomic mass is 35.5. The van der Waals surface area contributed by atoms with Gasteiger partial charge in [-0.15, -0.1) is 11.3 Å². The highest BCUT2D eigenvalue weighted by Gasteiger charge is 2.38. The van der Waals surface area contributed by atoms with Gasteiger partial charge in [-0.25, -0.2) is 4.79 Å². The molecule has 0 radical (unpaired) electrons. The number of thiophene rings is 1. The van der Waals surface area contributed by atoms with E-state index in [1.165, 1.54) is 24.5 Å². The molecule has 4 aliphatic heterocycles. The van der Waals surface area contributed by atoms with Crippen LogP contribution in [-0.4, -0.2) is 109 Å². The molecule has 3 N–H and O–H groups in total. The topological polar surface area (TPSA) is 100 Å². The lowest BCUT2D eigenvalue weighted by Crippen LogP contribution is -2.53. The van der Waals surface area contributed by atoms with Crippen LogP contribution in [0, 0.1) is 5.92 Å². The number of benzene rings is 1. The Kier molecular flexibility index (Phi) is 10.7. The van der Waals surface area contributed by atoms with Crippen molar-refractivity contribution >= 4 is 51.5 Å². The Morgan fingerprint density at radius 1 is 1.02 bits per heavy atom. The maximum atomic E-state index is 14.1. The lowest BCUT2D eigenvalue weighted by atomic mass is 9.91. The van der Waals surface area contributed by atoms with E-state index in [2.05, 4.69) is 20.9 Å². The van der Waals surface area contributed by atoms with Crippen molar-refractivity contribution in [3.8, 4) is 0 Å². The summed E-state index contributed by atoms with van der Waals surface area (Å²) in [7, 11) is 1.38. The molecule has 10 nitrogen and oxygen atoms in total. The first-order chi connectivity index (χ1) is 23.0. The van der Waals surface area contributed by atoms with Gasteiger partial charge in [0, 0.05) is 83.5 Å². The van der Waals surface area contributed by atoms with E-state index in [9.17, 15) is 27.6 Å². The minimum absolute atomic E-state index is 0.0230. The molecule has 0 bridgehead atoms. The zero-order valence-corrected chi connectivity index (χ0v) is 28.7. The molecule has 0 spiro atoms. The summed E-state index contributed by atoms with van der Waals surface area (Å²) in [5.74, 6) is -1.26. The number of fused-ring (bicyclic) bond motifs is 1. The van der Waals surface area contributed by atoms with Gasteiger partial charge in [0.2, 0.25) is 11.8 Å². The second-order valence-electron chi connectivity index (χ2n) is 13.1. The van der Waals surface area contributed by atoms with Gasteiger partial charge in [-0.3, -0.25) is 19.8 Å². The Morgan fingerprint density at radius 3 is 2.35 bits per heavy atom. The molecule has 3 saturated heterocycles. The van der Waals surface area contributed by atoms with Crippen molar-refractivity contribution in [2.45, 2.75) is 63.3 Å². The van der Waals surface area contributed by atoms with Gasteiger partial charge in [0.05, 0.1) is 28.7 Å². The van der Waals surface area contributed by atoms with Gasteiger partial charge in [-0.1, -0.05) is 11.6 Å². The van der Waals surface area contributed by atoms with Crippen LogP contribution in [0.25, 0.3) is 0 Å². The van der Waals surface area contributed by atoms with Gasteiger partial charge in [-0.05, 0) is 61.2 Å². The standard InChI is InChI=1S/C33H43ClF3N7O3S/c1-38-29-26(33(35,36)37)17-21(18-27(29)34)16-23(31(46)43-11-2-24(3-12-43)41-13-7-39-8-14-41)19-28(45)42-9-4-25(5-10-42)44-20-22-6-15-48-30(22)40-32(44)47/h6,15,17-18,23-25,38-39H,2-5,7-14,16,19-20H2,1H3,(H,40,47)/t23-/m0/s1. The first-order valence-electron chi connectivity index (χ1n) is 16.7. The molecule has 0 saturated carbocycles. The summed E-state index contributed by atoms with van der Waals surface area (Å²) in [6.45, 7) is 6.29. The smallest absolute Gasteiger partial charge is 0.386 e. The summed E-state index contributed by atoms with van der Waals surface area (Å²) >= 11 is 7.80. The van der Waals surface area contributed by atoms with Crippen LogP contribution in [0.1, 0.15) is 48.8 Å². The van der Waals surface area contributed by atoms with E-state index in [0.29, 0.717) is 51.6 Å². The molecule has 1 atom stereocenters. The molecule has 1 aromatic carbocycles. The van der Waals surface area contributed by atoms with Crippen LogP contribution in [0.5, 0.6) is 0 Å². The van der Waals surface area contributed by atoms with Gasteiger partial charge < -0.3 is 25.3 Å². The number of amides is 4. The summed E-state index contributed by atoms with van der Waals surface area (Å²) in [6.07, 6.45) is -1.96. The van der Waals surface area contributed by atoms with Gasteiger partial charge in [0.15, 0.2) is 0 Å². The number of alkyl halides is 3. The minimum Gasteiger partial charge on any atom is -0.386 e. The Bertz CT molecular complexity index is 1490. The molecule has 5 heterocycles. The molecule has 48 heavy (non-hydrogen) atoms. The van der Waals surface area contributed by atoms with Crippen molar-refractivity contribution in [2.75, 3.05) is 70.0 Å². The van der Waals surface area contributed by atoms with Crippen molar-refractivity contribution < 1.29 is 27.6 Å². The fourth-order valence-electron chi connectivity index (χ4n) is 7.60. The zero-order valence-electron chi connectivity index (χ0n) is 27.1. The van der Waals surface area contributed by atoms with Crippen LogP contribution < -0.4 is 16.0 Å². The summed E-state index contributed by atoms with van der Waals surface area (Å²) in [5, 5.41) is 11.6. The number of carbonyl (C=O) groups excluding carboxylic acids is 3. The van der Waals surface area contributed by atoms with Crippen LogP contribution in [0.3, 0.4) is 0 Å². The van der Waals surface area contributed by atoms with Gasteiger partial charge in [-0.2, -0.15) is 13.2 Å². The first-order valence-corrected chi connectivity index (χ1v) is 18.0.